The Kier molecular flexibility index (Phi) is 11.2. The van der Waals surface area contributed by atoms with Gasteiger partial charge in [-0.2, -0.15) is 0 Å². The van der Waals surface area contributed by atoms with Crippen LogP contribution in [0.15, 0.2) is 89.6 Å². The van der Waals surface area contributed by atoms with E-state index < -0.39 is 8.07 Å². The van der Waals surface area contributed by atoms with Gasteiger partial charge in [0.25, 0.3) is 0 Å². The van der Waals surface area contributed by atoms with Gasteiger partial charge in [-0.05, 0) is 52.4 Å². The molecule has 251 valence electrons. The molecular formula is C42H45FIrN2OSi-2. The van der Waals surface area contributed by atoms with Crippen LogP contribution in [0.2, 0.25) is 19.6 Å². The fraction of sp³-hybridized carbons (Fsp3) is 0.333. The SMILES string of the molecule is CC(C)(C)Cc1cc(-c2[c-]cccc2)ncc1[Si](C)(C)C.Fc1cnc(-c2[c-]cc3oc4ccccc4c3c2)cc1CC1CCCC1.[Ir]. The van der Waals surface area contributed by atoms with E-state index in [1.54, 1.807) is 0 Å². The minimum atomic E-state index is -1.37. The number of benzene rings is 3. The second-order valence-corrected chi connectivity index (χ2v) is 20.3. The fourth-order valence-corrected chi connectivity index (χ4v) is 8.29. The number of rotatable bonds is 6. The van der Waals surface area contributed by atoms with Crippen LogP contribution in [0.3, 0.4) is 0 Å². The summed E-state index contributed by atoms with van der Waals surface area (Å²) >= 11 is 0. The molecule has 0 N–H and O–H groups in total. The molecule has 0 atom stereocenters. The molecule has 3 aromatic heterocycles. The zero-order valence-corrected chi connectivity index (χ0v) is 32.3. The van der Waals surface area contributed by atoms with Gasteiger partial charge in [0.2, 0.25) is 0 Å². The molecule has 3 aromatic carbocycles. The molecule has 0 saturated heterocycles. The van der Waals surface area contributed by atoms with Crippen LogP contribution in [-0.4, -0.2) is 18.0 Å². The average Bonchev–Trinajstić information content (AvgIpc) is 3.69. The molecule has 6 aromatic rings. The molecule has 0 spiro atoms. The van der Waals surface area contributed by atoms with Crippen molar-refractivity contribution in [1.82, 2.24) is 9.97 Å². The van der Waals surface area contributed by atoms with E-state index in [1.165, 1.54) is 42.6 Å². The van der Waals surface area contributed by atoms with Crippen LogP contribution in [0.25, 0.3) is 44.5 Å². The maximum absolute atomic E-state index is 14.3. The minimum Gasteiger partial charge on any atom is -0.500 e. The molecule has 6 heteroatoms. The van der Waals surface area contributed by atoms with Crippen molar-refractivity contribution >= 4 is 35.2 Å². The second kappa shape index (κ2) is 15.0. The predicted molar refractivity (Wildman–Crippen MR) is 196 cm³/mol. The molecule has 0 amide bonds. The van der Waals surface area contributed by atoms with Gasteiger partial charge in [-0.3, -0.25) is 0 Å². The summed E-state index contributed by atoms with van der Waals surface area (Å²) in [4.78, 5) is 9.03. The summed E-state index contributed by atoms with van der Waals surface area (Å²) in [6, 6.07) is 30.7. The van der Waals surface area contributed by atoms with E-state index in [1.807, 2.05) is 54.6 Å². The van der Waals surface area contributed by atoms with Gasteiger partial charge in [0.05, 0.1) is 19.9 Å². The zero-order chi connectivity index (χ0) is 33.2. The number of pyridine rings is 2. The van der Waals surface area contributed by atoms with E-state index in [-0.39, 0.29) is 31.3 Å². The Morgan fingerprint density at radius 3 is 2.21 bits per heavy atom. The first kappa shape index (κ1) is 35.9. The number of furan rings is 1. The van der Waals surface area contributed by atoms with Crippen molar-refractivity contribution in [3.8, 4) is 22.5 Å². The Hall–Kier alpha value is -3.44. The van der Waals surface area contributed by atoms with Crippen molar-refractivity contribution in [2.24, 2.45) is 11.3 Å². The standard InChI is InChI=1S/C23H19FNO.C19H26NSi.Ir/c24-20-14-25-21(13-17(20)11-15-5-1-2-6-15)16-9-10-23-19(12-16)18-7-3-4-8-22(18)26-23;1-19(2,3)13-16-12-17(15-10-8-7-9-11-15)20-14-18(16)21(4,5)6;/h3-4,7-8,10,12-15H,1-2,5-6,11H2;7-10,12,14H,13H2,1-6H3;/q2*-1;. The van der Waals surface area contributed by atoms with Crippen LogP contribution in [0.1, 0.15) is 57.6 Å². The fourth-order valence-electron chi connectivity index (χ4n) is 6.72. The molecule has 0 unspecified atom stereocenters. The van der Waals surface area contributed by atoms with Crippen LogP contribution in [0, 0.1) is 29.3 Å². The molecule has 0 bridgehead atoms. The average molecular weight is 833 g/mol. The molecule has 3 heterocycles. The van der Waals surface area contributed by atoms with Gasteiger partial charge in [0.1, 0.15) is 11.4 Å². The molecule has 1 saturated carbocycles. The van der Waals surface area contributed by atoms with Gasteiger partial charge < -0.3 is 14.4 Å². The second-order valence-electron chi connectivity index (χ2n) is 15.2. The summed E-state index contributed by atoms with van der Waals surface area (Å²) in [5.74, 6) is 0.402. The van der Waals surface area contributed by atoms with Gasteiger partial charge >= 0.3 is 0 Å². The van der Waals surface area contributed by atoms with Crippen molar-refractivity contribution in [3.63, 3.8) is 0 Å². The molecule has 3 nitrogen and oxygen atoms in total. The van der Waals surface area contributed by atoms with Gasteiger partial charge in [0.15, 0.2) is 0 Å². The van der Waals surface area contributed by atoms with Crippen molar-refractivity contribution in [1.29, 1.82) is 0 Å². The Morgan fingerprint density at radius 1 is 0.812 bits per heavy atom. The number of aromatic nitrogens is 2. The van der Waals surface area contributed by atoms with Crippen LogP contribution in [-0.2, 0) is 32.9 Å². The number of hydrogen-bond donors (Lipinski definition) is 0. The van der Waals surface area contributed by atoms with Crippen molar-refractivity contribution < 1.29 is 28.9 Å². The van der Waals surface area contributed by atoms with Crippen LogP contribution in [0.4, 0.5) is 4.39 Å². The molecule has 1 aliphatic rings. The van der Waals surface area contributed by atoms with Gasteiger partial charge in [-0.25, -0.2) is 4.39 Å². The van der Waals surface area contributed by atoms with E-state index >= 15 is 0 Å². The Bertz CT molecular complexity index is 1990. The summed E-state index contributed by atoms with van der Waals surface area (Å²) in [6.07, 6.45) is 10.3. The van der Waals surface area contributed by atoms with Gasteiger partial charge in [-0.15, -0.1) is 59.7 Å². The molecule has 7 rings (SSSR count). The summed E-state index contributed by atoms with van der Waals surface area (Å²) in [7, 11) is -1.37. The summed E-state index contributed by atoms with van der Waals surface area (Å²) in [6.45, 7) is 14.1. The summed E-state index contributed by atoms with van der Waals surface area (Å²) in [5, 5.41) is 3.60. The Labute approximate surface area is 299 Å². The summed E-state index contributed by atoms with van der Waals surface area (Å²) < 4.78 is 20.1. The number of fused-ring (bicyclic) bond motifs is 3. The molecule has 0 aliphatic heterocycles. The third-order valence-corrected chi connectivity index (χ3v) is 11.1. The predicted octanol–water partition coefficient (Wildman–Crippen LogP) is 11.0. The normalized spacial score (nSPS) is 13.7. The van der Waals surface area contributed by atoms with E-state index in [2.05, 4.69) is 81.9 Å². The number of para-hydroxylation sites is 1. The first-order valence-corrected chi connectivity index (χ1v) is 20.4. The van der Waals surface area contributed by atoms with Gasteiger partial charge in [-0.1, -0.05) is 107 Å². The van der Waals surface area contributed by atoms with E-state index in [0.717, 1.165) is 62.9 Å². The van der Waals surface area contributed by atoms with E-state index in [9.17, 15) is 4.39 Å². The van der Waals surface area contributed by atoms with Crippen molar-refractivity contribution in [2.75, 3.05) is 0 Å². The van der Waals surface area contributed by atoms with Crippen molar-refractivity contribution in [3.05, 3.63) is 114 Å². The molecule has 1 fully saturated rings. The molecule has 48 heavy (non-hydrogen) atoms. The topological polar surface area (TPSA) is 38.9 Å². The van der Waals surface area contributed by atoms with Crippen LogP contribution < -0.4 is 5.19 Å². The number of halogens is 1. The Morgan fingerprint density at radius 2 is 1.50 bits per heavy atom. The maximum atomic E-state index is 14.3. The number of hydrogen-bond acceptors (Lipinski definition) is 3. The quantitative estimate of drug-likeness (QED) is 0.124. The van der Waals surface area contributed by atoms with Crippen LogP contribution in [0.5, 0.6) is 0 Å². The first-order valence-electron chi connectivity index (χ1n) is 16.9. The first-order chi connectivity index (χ1) is 22.4. The monoisotopic (exact) mass is 833 g/mol. The Balaban J connectivity index is 0.000000189. The molecule has 1 aliphatic carbocycles. The summed E-state index contributed by atoms with van der Waals surface area (Å²) in [5.41, 5.74) is 7.95. The number of nitrogens with zero attached hydrogens (tertiary/aromatic N) is 2. The largest absolute Gasteiger partial charge is 0.500 e. The van der Waals surface area contributed by atoms with Crippen LogP contribution >= 0.6 is 0 Å². The third-order valence-electron chi connectivity index (χ3n) is 9.01. The molecule has 1 radical (unpaired) electrons. The van der Waals surface area contributed by atoms with E-state index in [4.69, 9.17) is 9.40 Å². The smallest absolute Gasteiger partial charge is 0.142 e. The van der Waals surface area contributed by atoms with E-state index in [0.29, 0.717) is 5.92 Å². The van der Waals surface area contributed by atoms with Crippen molar-refractivity contribution in [2.45, 2.75) is 78.9 Å². The third kappa shape index (κ3) is 8.58. The molecular weight excluding hydrogens is 788 g/mol. The van der Waals surface area contributed by atoms with Gasteiger partial charge in [0, 0.05) is 31.7 Å². The minimum absolute atomic E-state index is 0. The maximum Gasteiger partial charge on any atom is 0.142 e. The zero-order valence-electron chi connectivity index (χ0n) is 28.9.